The summed E-state index contributed by atoms with van der Waals surface area (Å²) in [4.78, 5) is 31.0. The average molecular weight is 397 g/mol. The molecule has 1 aliphatic rings. The lowest BCUT2D eigenvalue weighted by atomic mass is 10.1. The van der Waals surface area contributed by atoms with Gasteiger partial charge in [0, 0.05) is 31.9 Å². The van der Waals surface area contributed by atoms with Gasteiger partial charge in [-0.2, -0.15) is 0 Å². The molecular weight excluding hydrogens is 376 g/mol. The Morgan fingerprint density at radius 2 is 2.00 bits per heavy atom. The Labute approximate surface area is 168 Å². The molecule has 2 aromatic heterocycles. The fourth-order valence-electron chi connectivity index (χ4n) is 3.44. The number of hydrogen-bond acceptors (Lipinski definition) is 3. The highest BCUT2D eigenvalue weighted by Crippen LogP contribution is 2.21. The van der Waals surface area contributed by atoms with Crippen LogP contribution in [0.5, 0.6) is 0 Å². The molecule has 0 bridgehead atoms. The van der Waals surface area contributed by atoms with Crippen LogP contribution in [-0.4, -0.2) is 32.6 Å². The maximum atomic E-state index is 12.5. The molecule has 6 nitrogen and oxygen atoms in total. The molecule has 1 aromatic carbocycles. The van der Waals surface area contributed by atoms with Crippen LogP contribution in [0.4, 0.5) is 0 Å². The predicted molar refractivity (Wildman–Crippen MR) is 107 cm³/mol. The maximum absolute atomic E-state index is 12.5. The van der Waals surface area contributed by atoms with E-state index in [1.165, 1.54) is 5.56 Å². The van der Waals surface area contributed by atoms with E-state index < -0.39 is 0 Å². The van der Waals surface area contributed by atoms with Gasteiger partial charge in [0.15, 0.2) is 0 Å². The number of rotatable bonds is 5. The Morgan fingerprint density at radius 1 is 1.21 bits per heavy atom. The second kappa shape index (κ2) is 7.64. The number of nitrogens with one attached hydrogen (secondary N) is 1. The first-order chi connectivity index (χ1) is 13.5. The van der Waals surface area contributed by atoms with Crippen LogP contribution in [-0.2, 0) is 22.7 Å². The van der Waals surface area contributed by atoms with E-state index in [0.717, 1.165) is 16.9 Å². The normalized spacial score (nSPS) is 16.7. The van der Waals surface area contributed by atoms with Gasteiger partial charge in [0.1, 0.15) is 5.65 Å². The van der Waals surface area contributed by atoms with Crippen molar-refractivity contribution in [2.75, 3.05) is 6.54 Å². The molecule has 0 spiro atoms. The van der Waals surface area contributed by atoms with Crippen LogP contribution in [0.15, 0.2) is 48.8 Å². The molecule has 0 aliphatic carbocycles. The molecule has 1 saturated heterocycles. The third kappa shape index (κ3) is 4.02. The number of carbonyl (C=O) groups is 2. The van der Waals surface area contributed by atoms with Crippen molar-refractivity contribution < 1.29 is 9.59 Å². The standard InChI is InChI=1S/C21H21ClN4O2/c1-14-2-4-15(5-3-14)10-26-11-16(8-20(26)27)21(28)23-9-18-13-25-12-17(22)6-7-19(25)24-18/h2-7,12-13,16H,8-11H2,1H3,(H,23,28). The molecule has 1 N–H and O–H groups in total. The number of aromatic nitrogens is 2. The molecule has 1 fully saturated rings. The van der Waals surface area contributed by atoms with E-state index in [1.54, 1.807) is 17.2 Å². The van der Waals surface area contributed by atoms with E-state index in [-0.39, 0.29) is 24.2 Å². The SMILES string of the molecule is Cc1ccc(CN2CC(C(=O)NCc3cn4cc(Cl)ccc4n3)CC2=O)cc1. The minimum atomic E-state index is -0.329. The molecule has 4 rings (SSSR count). The second-order valence-electron chi connectivity index (χ2n) is 7.22. The Kier molecular flexibility index (Phi) is 5.05. The Morgan fingerprint density at radius 3 is 2.79 bits per heavy atom. The number of benzene rings is 1. The first-order valence-electron chi connectivity index (χ1n) is 9.22. The highest BCUT2D eigenvalue weighted by atomic mass is 35.5. The molecule has 0 radical (unpaired) electrons. The van der Waals surface area contributed by atoms with Crippen LogP contribution in [0.1, 0.15) is 23.2 Å². The van der Waals surface area contributed by atoms with E-state index in [4.69, 9.17) is 11.6 Å². The number of amides is 2. The zero-order chi connectivity index (χ0) is 19.7. The smallest absolute Gasteiger partial charge is 0.225 e. The van der Waals surface area contributed by atoms with Crippen molar-refractivity contribution in [2.24, 2.45) is 5.92 Å². The van der Waals surface area contributed by atoms with Gasteiger partial charge in [-0.05, 0) is 24.6 Å². The zero-order valence-corrected chi connectivity index (χ0v) is 16.3. The Balaban J connectivity index is 1.34. The lowest BCUT2D eigenvalue weighted by molar-refractivity contribution is -0.129. The molecule has 1 aliphatic heterocycles. The van der Waals surface area contributed by atoms with Gasteiger partial charge >= 0.3 is 0 Å². The second-order valence-corrected chi connectivity index (χ2v) is 7.66. The van der Waals surface area contributed by atoms with Crippen molar-refractivity contribution in [3.8, 4) is 0 Å². The fraction of sp³-hybridized carbons (Fsp3) is 0.286. The minimum absolute atomic E-state index is 0.0168. The van der Waals surface area contributed by atoms with Crippen molar-refractivity contribution in [3.63, 3.8) is 0 Å². The van der Waals surface area contributed by atoms with Crippen LogP contribution in [0.25, 0.3) is 5.65 Å². The van der Waals surface area contributed by atoms with E-state index in [0.29, 0.717) is 24.7 Å². The highest BCUT2D eigenvalue weighted by Gasteiger charge is 2.34. The third-order valence-corrected chi connectivity index (χ3v) is 5.21. The van der Waals surface area contributed by atoms with E-state index in [2.05, 4.69) is 10.3 Å². The summed E-state index contributed by atoms with van der Waals surface area (Å²) < 4.78 is 1.83. The van der Waals surface area contributed by atoms with E-state index in [1.807, 2.05) is 47.9 Å². The number of nitrogens with zero attached hydrogens (tertiary/aromatic N) is 3. The monoisotopic (exact) mass is 396 g/mol. The molecule has 7 heteroatoms. The van der Waals surface area contributed by atoms with Crippen molar-refractivity contribution in [2.45, 2.75) is 26.4 Å². The van der Waals surface area contributed by atoms with Crippen molar-refractivity contribution in [1.29, 1.82) is 0 Å². The molecule has 28 heavy (non-hydrogen) atoms. The number of carbonyl (C=O) groups excluding carboxylic acids is 2. The first kappa shape index (κ1) is 18.5. The van der Waals surface area contributed by atoms with Gasteiger partial charge in [-0.15, -0.1) is 0 Å². The van der Waals surface area contributed by atoms with Crippen molar-refractivity contribution >= 4 is 29.1 Å². The van der Waals surface area contributed by atoms with Crippen molar-refractivity contribution in [1.82, 2.24) is 19.6 Å². The van der Waals surface area contributed by atoms with Crippen LogP contribution >= 0.6 is 11.6 Å². The molecule has 0 saturated carbocycles. The largest absolute Gasteiger partial charge is 0.350 e. The summed E-state index contributed by atoms with van der Waals surface area (Å²) in [6, 6.07) is 11.7. The van der Waals surface area contributed by atoms with Crippen molar-refractivity contribution in [3.05, 3.63) is 70.6 Å². The number of halogens is 1. The number of fused-ring (bicyclic) bond motifs is 1. The summed E-state index contributed by atoms with van der Waals surface area (Å²) in [5.41, 5.74) is 3.77. The Hall–Kier alpha value is -2.86. The van der Waals surface area contributed by atoms with Crippen LogP contribution in [0.3, 0.4) is 0 Å². The van der Waals surface area contributed by atoms with Gasteiger partial charge in [-0.3, -0.25) is 9.59 Å². The lowest BCUT2D eigenvalue weighted by Gasteiger charge is -2.16. The van der Waals surface area contributed by atoms with Crippen LogP contribution in [0, 0.1) is 12.8 Å². The molecule has 1 unspecified atom stereocenters. The zero-order valence-electron chi connectivity index (χ0n) is 15.6. The van der Waals surface area contributed by atoms with E-state index >= 15 is 0 Å². The maximum Gasteiger partial charge on any atom is 0.225 e. The summed E-state index contributed by atoms with van der Waals surface area (Å²) in [7, 11) is 0. The summed E-state index contributed by atoms with van der Waals surface area (Å²) in [5.74, 6) is -0.428. The minimum Gasteiger partial charge on any atom is -0.350 e. The number of hydrogen-bond donors (Lipinski definition) is 1. The molecule has 144 valence electrons. The number of likely N-dealkylation sites (tertiary alicyclic amines) is 1. The third-order valence-electron chi connectivity index (χ3n) is 4.99. The molecule has 3 heterocycles. The molecule has 2 amide bonds. The Bertz CT molecular complexity index is 1030. The van der Waals surface area contributed by atoms with Gasteiger partial charge in [0.2, 0.25) is 11.8 Å². The van der Waals surface area contributed by atoms with Gasteiger partial charge < -0.3 is 14.6 Å². The molecule has 1 atom stereocenters. The summed E-state index contributed by atoms with van der Waals surface area (Å²) in [6.07, 6.45) is 3.86. The summed E-state index contributed by atoms with van der Waals surface area (Å²) in [6.45, 7) is 3.33. The molecular formula is C21H21ClN4O2. The van der Waals surface area contributed by atoms with Gasteiger partial charge in [-0.1, -0.05) is 41.4 Å². The fourth-order valence-corrected chi connectivity index (χ4v) is 3.61. The number of pyridine rings is 1. The number of aryl methyl sites for hydroxylation is 1. The highest BCUT2D eigenvalue weighted by molar-refractivity contribution is 6.30. The van der Waals surface area contributed by atoms with Crippen LogP contribution < -0.4 is 5.32 Å². The van der Waals surface area contributed by atoms with Crippen LogP contribution in [0.2, 0.25) is 5.02 Å². The van der Waals surface area contributed by atoms with E-state index in [9.17, 15) is 9.59 Å². The summed E-state index contributed by atoms with van der Waals surface area (Å²) in [5, 5.41) is 3.53. The summed E-state index contributed by atoms with van der Waals surface area (Å²) >= 11 is 5.98. The lowest BCUT2D eigenvalue weighted by Crippen LogP contribution is -2.32. The van der Waals surface area contributed by atoms with Gasteiger partial charge in [0.05, 0.1) is 23.2 Å². The topological polar surface area (TPSA) is 66.7 Å². The number of imidazole rings is 1. The van der Waals surface area contributed by atoms with Gasteiger partial charge in [0.25, 0.3) is 0 Å². The first-order valence-corrected chi connectivity index (χ1v) is 9.60. The molecule has 3 aromatic rings. The predicted octanol–water partition coefficient (Wildman–Crippen LogP) is 2.96. The van der Waals surface area contributed by atoms with Gasteiger partial charge in [-0.25, -0.2) is 4.98 Å². The quantitative estimate of drug-likeness (QED) is 0.721. The average Bonchev–Trinajstić information content (AvgIpc) is 3.24.